The fraction of sp³-hybridized carbons (Fsp3) is 0.375. The first-order chi connectivity index (χ1) is 17.5. The summed E-state index contributed by atoms with van der Waals surface area (Å²) in [7, 11) is -4.14. The van der Waals surface area contributed by atoms with Gasteiger partial charge in [-0.15, -0.1) is 5.10 Å². The number of amides is 1. The molecule has 0 spiro atoms. The molecule has 0 unspecified atom stereocenters. The van der Waals surface area contributed by atoms with Gasteiger partial charge in [0.25, 0.3) is 5.91 Å². The maximum atomic E-state index is 13.4. The highest BCUT2D eigenvalue weighted by atomic mass is 32.2. The summed E-state index contributed by atoms with van der Waals surface area (Å²) in [5, 5.41) is 7.41. The molecule has 13 heteroatoms. The molecule has 2 aromatic carbocycles. The van der Waals surface area contributed by atoms with Crippen LogP contribution in [-0.2, 0) is 16.2 Å². The number of benzene rings is 2. The van der Waals surface area contributed by atoms with Gasteiger partial charge in [0, 0.05) is 36.3 Å². The Balaban J connectivity index is 1.28. The second-order valence-electron chi connectivity index (χ2n) is 9.14. The standard InChI is InChI=1S/C24H24F3N5O4S/c25-24(26,27)17-2-1-3-20(14-17)37(34,35)32(18-8-9-18)19-10-12-31(13-11-19)22(33)16-6-4-15(5-7-16)21-29-30-23(28)36-21/h1-7,14,18-19H,8-13H2,(H2,28,30). The normalized spacial score (nSPS) is 17.4. The third-order valence-electron chi connectivity index (χ3n) is 6.57. The average Bonchev–Trinajstić information content (AvgIpc) is 3.61. The van der Waals surface area contributed by atoms with E-state index in [2.05, 4.69) is 10.2 Å². The van der Waals surface area contributed by atoms with Gasteiger partial charge >= 0.3 is 12.2 Å². The van der Waals surface area contributed by atoms with Crippen LogP contribution in [0.5, 0.6) is 0 Å². The molecule has 2 aliphatic rings. The van der Waals surface area contributed by atoms with Crippen molar-refractivity contribution in [2.24, 2.45) is 0 Å². The number of likely N-dealkylation sites (tertiary alicyclic amines) is 1. The summed E-state index contributed by atoms with van der Waals surface area (Å²) in [5.74, 6) is 0.0354. The van der Waals surface area contributed by atoms with Gasteiger partial charge in [-0.25, -0.2) is 8.42 Å². The Hall–Kier alpha value is -3.45. The van der Waals surface area contributed by atoms with Gasteiger partial charge in [-0.2, -0.15) is 17.5 Å². The number of carbonyl (C=O) groups excluding carboxylic acids is 1. The quantitative estimate of drug-likeness (QED) is 0.509. The summed E-state index contributed by atoms with van der Waals surface area (Å²) in [6.45, 7) is 0.652. The fourth-order valence-electron chi connectivity index (χ4n) is 4.59. The van der Waals surface area contributed by atoms with Gasteiger partial charge < -0.3 is 15.1 Å². The number of alkyl halides is 3. The Bertz CT molecular complexity index is 1400. The van der Waals surface area contributed by atoms with Crippen molar-refractivity contribution < 1.29 is 30.8 Å². The number of sulfonamides is 1. The number of hydrogen-bond donors (Lipinski definition) is 1. The van der Waals surface area contributed by atoms with Crippen LogP contribution in [0.4, 0.5) is 19.2 Å². The molecule has 1 aliphatic heterocycles. The maximum absolute atomic E-state index is 13.4. The van der Waals surface area contributed by atoms with E-state index in [-0.39, 0.29) is 28.7 Å². The van der Waals surface area contributed by atoms with Gasteiger partial charge in [0.1, 0.15) is 0 Å². The predicted octanol–water partition coefficient (Wildman–Crippen LogP) is 3.80. The smallest absolute Gasteiger partial charge is 0.404 e. The van der Waals surface area contributed by atoms with Gasteiger partial charge in [0.2, 0.25) is 15.9 Å². The van der Waals surface area contributed by atoms with E-state index in [1.54, 1.807) is 29.2 Å². The molecule has 0 radical (unpaired) electrons. The lowest BCUT2D eigenvalue weighted by molar-refractivity contribution is -0.137. The van der Waals surface area contributed by atoms with Crippen LogP contribution in [-0.4, -0.2) is 58.9 Å². The molecule has 3 aromatic rings. The zero-order valence-electron chi connectivity index (χ0n) is 19.6. The van der Waals surface area contributed by atoms with Gasteiger partial charge in [0.05, 0.1) is 10.5 Å². The number of carbonyl (C=O) groups is 1. The molecule has 0 atom stereocenters. The first-order valence-electron chi connectivity index (χ1n) is 11.7. The molecule has 2 N–H and O–H groups in total. The molecular weight excluding hydrogens is 511 g/mol. The van der Waals surface area contributed by atoms with Crippen LogP contribution in [0, 0.1) is 0 Å². The number of piperidine rings is 1. The lowest BCUT2D eigenvalue weighted by Gasteiger charge is -2.38. The number of halogens is 3. The van der Waals surface area contributed by atoms with Crippen molar-refractivity contribution in [3.63, 3.8) is 0 Å². The molecule has 2 heterocycles. The molecule has 1 saturated heterocycles. The monoisotopic (exact) mass is 535 g/mol. The third kappa shape index (κ3) is 5.18. The average molecular weight is 536 g/mol. The second kappa shape index (κ2) is 9.45. The van der Waals surface area contributed by atoms with Crippen molar-refractivity contribution in [1.29, 1.82) is 0 Å². The van der Waals surface area contributed by atoms with E-state index < -0.39 is 27.8 Å². The number of rotatable bonds is 6. The zero-order valence-corrected chi connectivity index (χ0v) is 20.4. The topological polar surface area (TPSA) is 123 Å². The lowest BCUT2D eigenvalue weighted by Crippen LogP contribution is -2.49. The third-order valence-corrected chi connectivity index (χ3v) is 8.58. The molecule has 196 valence electrons. The highest BCUT2D eigenvalue weighted by Crippen LogP contribution is 2.38. The van der Waals surface area contributed by atoms with Crippen molar-refractivity contribution >= 4 is 21.9 Å². The number of aromatic nitrogens is 2. The Morgan fingerprint density at radius 1 is 1.00 bits per heavy atom. The summed E-state index contributed by atoms with van der Waals surface area (Å²) < 4.78 is 73.0. The van der Waals surface area contributed by atoms with Crippen molar-refractivity contribution in [3.8, 4) is 11.5 Å². The summed E-state index contributed by atoms with van der Waals surface area (Å²) in [5.41, 5.74) is 5.50. The zero-order chi connectivity index (χ0) is 26.4. The molecule has 9 nitrogen and oxygen atoms in total. The number of hydrogen-bond acceptors (Lipinski definition) is 7. The molecule has 0 bridgehead atoms. The van der Waals surface area contributed by atoms with E-state index in [4.69, 9.17) is 10.2 Å². The first-order valence-corrected chi connectivity index (χ1v) is 13.2. The maximum Gasteiger partial charge on any atom is 0.416 e. The summed E-state index contributed by atoms with van der Waals surface area (Å²) >= 11 is 0. The second-order valence-corrected chi connectivity index (χ2v) is 11.0. The Labute approximate surface area is 211 Å². The van der Waals surface area contributed by atoms with E-state index in [1.807, 2.05) is 0 Å². The van der Waals surface area contributed by atoms with Crippen molar-refractivity contribution in [1.82, 2.24) is 19.4 Å². The largest absolute Gasteiger partial charge is 0.416 e. The number of nitrogen functional groups attached to an aromatic ring is 1. The van der Waals surface area contributed by atoms with Crippen molar-refractivity contribution in [3.05, 3.63) is 59.7 Å². The molecule has 37 heavy (non-hydrogen) atoms. The Kier molecular flexibility index (Phi) is 6.44. The molecular formula is C24H24F3N5O4S. The highest BCUT2D eigenvalue weighted by molar-refractivity contribution is 7.89. The van der Waals surface area contributed by atoms with Crippen molar-refractivity contribution in [2.75, 3.05) is 18.8 Å². The fourth-order valence-corrected chi connectivity index (χ4v) is 6.56. The van der Waals surface area contributed by atoms with E-state index in [9.17, 15) is 26.4 Å². The van der Waals surface area contributed by atoms with Crippen LogP contribution in [0.15, 0.2) is 57.8 Å². The van der Waals surface area contributed by atoms with Gasteiger partial charge in [-0.3, -0.25) is 4.79 Å². The van der Waals surface area contributed by atoms with Crippen LogP contribution in [0.1, 0.15) is 41.6 Å². The van der Waals surface area contributed by atoms with Gasteiger partial charge in [-0.1, -0.05) is 11.2 Å². The molecule has 1 aliphatic carbocycles. The van der Waals surface area contributed by atoms with E-state index in [0.717, 1.165) is 12.1 Å². The van der Waals surface area contributed by atoms with E-state index in [0.29, 0.717) is 56.0 Å². The Morgan fingerprint density at radius 2 is 1.65 bits per heavy atom. The van der Waals surface area contributed by atoms with Crippen LogP contribution in [0.3, 0.4) is 0 Å². The molecule has 1 aromatic heterocycles. The van der Waals surface area contributed by atoms with Gasteiger partial charge in [0.15, 0.2) is 0 Å². The number of nitrogens with two attached hydrogens (primary N) is 1. The molecule has 5 rings (SSSR count). The SMILES string of the molecule is Nc1nnc(-c2ccc(C(=O)N3CCC(N(C4CC4)S(=O)(=O)c4cccc(C(F)(F)F)c4)CC3)cc2)o1. The predicted molar refractivity (Wildman–Crippen MR) is 127 cm³/mol. The van der Waals surface area contributed by atoms with Gasteiger partial charge in [-0.05, 0) is 68.1 Å². The van der Waals surface area contributed by atoms with Crippen LogP contribution >= 0.6 is 0 Å². The Morgan fingerprint density at radius 3 is 2.22 bits per heavy atom. The lowest BCUT2D eigenvalue weighted by atomic mass is 10.0. The highest BCUT2D eigenvalue weighted by Gasteiger charge is 2.44. The van der Waals surface area contributed by atoms with Crippen molar-refractivity contribution in [2.45, 2.75) is 48.8 Å². The minimum atomic E-state index is -4.64. The van der Waals surface area contributed by atoms with E-state index in [1.165, 1.54) is 10.4 Å². The van der Waals surface area contributed by atoms with Crippen LogP contribution in [0.25, 0.3) is 11.5 Å². The van der Waals surface area contributed by atoms with Crippen LogP contribution in [0.2, 0.25) is 0 Å². The first kappa shape index (κ1) is 25.2. The number of anilines is 1. The molecule has 1 amide bonds. The minimum absolute atomic E-state index is 0.0617. The van der Waals surface area contributed by atoms with E-state index >= 15 is 0 Å². The summed E-state index contributed by atoms with van der Waals surface area (Å²) in [6.07, 6.45) is -2.54. The molecule has 1 saturated carbocycles. The number of nitrogens with zero attached hydrogens (tertiary/aromatic N) is 4. The van der Waals surface area contributed by atoms with Crippen LogP contribution < -0.4 is 5.73 Å². The summed E-state index contributed by atoms with van der Waals surface area (Å²) in [4.78, 5) is 14.3. The molecule has 2 fully saturated rings. The minimum Gasteiger partial charge on any atom is -0.404 e. The summed E-state index contributed by atoms with van der Waals surface area (Å²) in [6, 6.07) is 9.77.